The van der Waals surface area contributed by atoms with Crippen LogP contribution in [0, 0.1) is 5.92 Å². The zero-order chi connectivity index (χ0) is 8.81. The number of hydrogen-bond donors (Lipinski definition) is 1. The standard InChI is InChI=1S/C10H22N2/c1-3-12(2)8-4-5-10-6-7-11-9-10/h10-11H,3-9H2,1-2H3. The second-order valence-electron chi connectivity index (χ2n) is 3.90. The summed E-state index contributed by atoms with van der Waals surface area (Å²) in [6.45, 7) is 7.18. The molecule has 1 aliphatic heterocycles. The van der Waals surface area contributed by atoms with Crippen molar-refractivity contribution in [2.45, 2.75) is 26.2 Å². The lowest BCUT2D eigenvalue weighted by Gasteiger charge is -2.14. The smallest absolute Gasteiger partial charge is 0.00200 e. The fraction of sp³-hybridized carbons (Fsp3) is 1.00. The molecular weight excluding hydrogens is 148 g/mol. The van der Waals surface area contributed by atoms with Crippen LogP contribution in [0.2, 0.25) is 0 Å². The first-order valence-electron chi connectivity index (χ1n) is 5.22. The lowest BCUT2D eigenvalue weighted by atomic mass is 10.0. The third kappa shape index (κ3) is 3.55. The van der Waals surface area contributed by atoms with E-state index in [1.165, 1.54) is 45.4 Å². The highest BCUT2D eigenvalue weighted by Crippen LogP contribution is 2.14. The summed E-state index contributed by atoms with van der Waals surface area (Å²) >= 11 is 0. The average Bonchev–Trinajstić information content (AvgIpc) is 2.57. The van der Waals surface area contributed by atoms with E-state index in [1.807, 2.05) is 0 Å². The molecule has 1 rings (SSSR count). The van der Waals surface area contributed by atoms with Crippen LogP contribution in [0.4, 0.5) is 0 Å². The third-order valence-corrected chi connectivity index (χ3v) is 2.85. The maximum atomic E-state index is 3.41. The van der Waals surface area contributed by atoms with Crippen molar-refractivity contribution in [2.24, 2.45) is 5.92 Å². The van der Waals surface area contributed by atoms with Gasteiger partial charge in [0.25, 0.3) is 0 Å². The normalized spacial score (nSPS) is 23.8. The van der Waals surface area contributed by atoms with Gasteiger partial charge in [0.15, 0.2) is 0 Å². The van der Waals surface area contributed by atoms with Gasteiger partial charge in [-0.25, -0.2) is 0 Å². The van der Waals surface area contributed by atoms with Crippen molar-refractivity contribution in [1.82, 2.24) is 10.2 Å². The lowest BCUT2D eigenvalue weighted by molar-refractivity contribution is 0.330. The maximum Gasteiger partial charge on any atom is -0.00200 e. The van der Waals surface area contributed by atoms with E-state index in [2.05, 4.69) is 24.2 Å². The molecule has 1 fully saturated rings. The number of rotatable bonds is 5. The second kappa shape index (κ2) is 5.55. The number of nitrogens with zero attached hydrogens (tertiary/aromatic N) is 1. The third-order valence-electron chi connectivity index (χ3n) is 2.85. The zero-order valence-electron chi connectivity index (χ0n) is 8.47. The largest absolute Gasteiger partial charge is 0.316 e. The fourth-order valence-electron chi connectivity index (χ4n) is 1.77. The Morgan fingerprint density at radius 3 is 2.92 bits per heavy atom. The van der Waals surface area contributed by atoms with Gasteiger partial charge >= 0.3 is 0 Å². The van der Waals surface area contributed by atoms with Crippen LogP contribution in [0.25, 0.3) is 0 Å². The van der Waals surface area contributed by atoms with Gasteiger partial charge in [0.05, 0.1) is 0 Å². The minimum atomic E-state index is 0.968. The molecule has 0 saturated carbocycles. The Kier molecular flexibility index (Phi) is 4.62. The van der Waals surface area contributed by atoms with Crippen molar-refractivity contribution < 1.29 is 0 Å². The molecule has 1 atom stereocenters. The highest BCUT2D eigenvalue weighted by Gasteiger charge is 2.13. The molecule has 2 heteroatoms. The molecule has 0 bridgehead atoms. The number of nitrogens with one attached hydrogen (secondary N) is 1. The Morgan fingerprint density at radius 2 is 2.33 bits per heavy atom. The minimum Gasteiger partial charge on any atom is -0.316 e. The molecule has 12 heavy (non-hydrogen) atoms. The molecule has 0 amide bonds. The molecule has 1 saturated heterocycles. The molecule has 0 aromatic carbocycles. The topological polar surface area (TPSA) is 15.3 Å². The van der Waals surface area contributed by atoms with Gasteiger partial charge in [-0.3, -0.25) is 0 Å². The van der Waals surface area contributed by atoms with Crippen LogP contribution in [-0.4, -0.2) is 38.1 Å². The van der Waals surface area contributed by atoms with E-state index in [4.69, 9.17) is 0 Å². The van der Waals surface area contributed by atoms with Crippen LogP contribution in [0.5, 0.6) is 0 Å². The highest BCUT2D eigenvalue weighted by molar-refractivity contribution is 4.71. The molecular formula is C10H22N2. The first-order valence-corrected chi connectivity index (χ1v) is 5.22. The van der Waals surface area contributed by atoms with Gasteiger partial charge in [0, 0.05) is 0 Å². The summed E-state index contributed by atoms with van der Waals surface area (Å²) < 4.78 is 0. The van der Waals surface area contributed by atoms with Gasteiger partial charge < -0.3 is 10.2 Å². The molecule has 72 valence electrons. The molecule has 0 radical (unpaired) electrons. The Bertz CT molecular complexity index is 108. The molecule has 0 aliphatic carbocycles. The summed E-state index contributed by atoms with van der Waals surface area (Å²) in [7, 11) is 2.20. The van der Waals surface area contributed by atoms with Crippen molar-refractivity contribution in [1.29, 1.82) is 0 Å². The van der Waals surface area contributed by atoms with E-state index in [1.54, 1.807) is 0 Å². The predicted octanol–water partition coefficient (Wildman–Crippen LogP) is 1.33. The van der Waals surface area contributed by atoms with E-state index in [-0.39, 0.29) is 0 Å². The first kappa shape index (κ1) is 10.0. The van der Waals surface area contributed by atoms with Crippen LogP contribution in [0.3, 0.4) is 0 Å². The predicted molar refractivity (Wildman–Crippen MR) is 53.4 cm³/mol. The van der Waals surface area contributed by atoms with Gasteiger partial charge in [-0.1, -0.05) is 6.92 Å². The molecule has 1 heterocycles. The maximum absolute atomic E-state index is 3.41. The minimum absolute atomic E-state index is 0.968. The van der Waals surface area contributed by atoms with Crippen molar-refractivity contribution in [3.63, 3.8) is 0 Å². The van der Waals surface area contributed by atoms with Crippen molar-refractivity contribution in [3.05, 3.63) is 0 Å². The quantitative estimate of drug-likeness (QED) is 0.669. The summed E-state index contributed by atoms with van der Waals surface area (Å²) in [4.78, 5) is 2.39. The summed E-state index contributed by atoms with van der Waals surface area (Å²) in [5.74, 6) is 0.968. The van der Waals surface area contributed by atoms with E-state index < -0.39 is 0 Å². The average molecular weight is 170 g/mol. The van der Waals surface area contributed by atoms with Gasteiger partial charge in [-0.15, -0.1) is 0 Å². The van der Waals surface area contributed by atoms with E-state index >= 15 is 0 Å². The van der Waals surface area contributed by atoms with Crippen LogP contribution in [0.1, 0.15) is 26.2 Å². The molecule has 0 aromatic heterocycles. The van der Waals surface area contributed by atoms with Crippen LogP contribution in [0.15, 0.2) is 0 Å². The highest BCUT2D eigenvalue weighted by atomic mass is 15.1. The molecule has 2 nitrogen and oxygen atoms in total. The molecule has 1 N–H and O–H groups in total. The van der Waals surface area contributed by atoms with Gasteiger partial charge in [0.1, 0.15) is 0 Å². The van der Waals surface area contributed by atoms with E-state index in [9.17, 15) is 0 Å². The van der Waals surface area contributed by atoms with Gasteiger partial charge in [-0.05, 0) is 58.4 Å². The Morgan fingerprint density at radius 1 is 1.50 bits per heavy atom. The van der Waals surface area contributed by atoms with Gasteiger partial charge in [-0.2, -0.15) is 0 Å². The SMILES string of the molecule is CCN(C)CCCC1CCNC1. The van der Waals surface area contributed by atoms with E-state index in [0.29, 0.717) is 0 Å². The molecule has 1 aliphatic rings. The fourth-order valence-corrected chi connectivity index (χ4v) is 1.77. The lowest BCUT2D eigenvalue weighted by Crippen LogP contribution is -2.19. The number of hydrogen-bond acceptors (Lipinski definition) is 2. The Hall–Kier alpha value is -0.0800. The molecule has 0 spiro atoms. The van der Waals surface area contributed by atoms with Crippen molar-refractivity contribution in [3.8, 4) is 0 Å². The first-order chi connectivity index (χ1) is 5.83. The zero-order valence-corrected chi connectivity index (χ0v) is 8.47. The summed E-state index contributed by atoms with van der Waals surface area (Å²) in [6, 6.07) is 0. The van der Waals surface area contributed by atoms with Crippen LogP contribution >= 0.6 is 0 Å². The van der Waals surface area contributed by atoms with Crippen molar-refractivity contribution in [2.75, 3.05) is 33.2 Å². The molecule has 1 unspecified atom stereocenters. The summed E-state index contributed by atoms with van der Waals surface area (Å²) in [6.07, 6.45) is 4.18. The van der Waals surface area contributed by atoms with Crippen molar-refractivity contribution >= 4 is 0 Å². The van der Waals surface area contributed by atoms with E-state index in [0.717, 1.165) is 5.92 Å². The summed E-state index contributed by atoms with van der Waals surface area (Å²) in [5, 5.41) is 3.41. The monoisotopic (exact) mass is 170 g/mol. The van der Waals surface area contributed by atoms with Gasteiger partial charge in [0.2, 0.25) is 0 Å². The Labute approximate surface area is 76.3 Å². The van der Waals surface area contributed by atoms with Crippen LogP contribution < -0.4 is 5.32 Å². The Balaban J connectivity index is 1.94. The second-order valence-corrected chi connectivity index (χ2v) is 3.90. The molecule has 0 aromatic rings. The van der Waals surface area contributed by atoms with Crippen LogP contribution in [-0.2, 0) is 0 Å². The summed E-state index contributed by atoms with van der Waals surface area (Å²) in [5.41, 5.74) is 0.